The van der Waals surface area contributed by atoms with E-state index in [1.54, 1.807) is 13.2 Å². The van der Waals surface area contributed by atoms with Crippen molar-refractivity contribution in [1.82, 2.24) is 0 Å². The fourth-order valence-corrected chi connectivity index (χ4v) is 2.01. The Bertz CT molecular complexity index is 484. The molecule has 0 unspecified atom stereocenters. The number of ether oxygens (including phenoxy) is 2. The van der Waals surface area contributed by atoms with Crippen LogP contribution in [0.15, 0.2) is 42.5 Å². The van der Waals surface area contributed by atoms with E-state index in [4.69, 9.17) is 4.74 Å². The third kappa shape index (κ3) is 6.30. The van der Waals surface area contributed by atoms with E-state index in [1.165, 1.54) is 31.6 Å². The molecule has 0 fully saturated rings. The van der Waals surface area contributed by atoms with E-state index >= 15 is 0 Å². The molecular formula is C18H24O3. The van der Waals surface area contributed by atoms with Crippen molar-refractivity contribution in [3.63, 3.8) is 0 Å². The van der Waals surface area contributed by atoms with Gasteiger partial charge in [0.15, 0.2) is 0 Å². The lowest BCUT2D eigenvalue weighted by Gasteiger charge is -2.08. The van der Waals surface area contributed by atoms with Gasteiger partial charge in [-0.2, -0.15) is 0 Å². The summed E-state index contributed by atoms with van der Waals surface area (Å²) in [5, 5.41) is 0. The summed E-state index contributed by atoms with van der Waals surface area (Å²) in [6.45, 7) is 2.19. The summed E-state index contributed by atoms with van der Waals surface area (Å²) >= 11 is 0. The van der Waals surface area contributed by atoms with Gasteiger partial charge >= 0.3 is 5.97 Å². The van der Waals surface area contributed by atoms with Crippen molar-refractivity contribution >= 4 is 11.5 Å². The molecule has 0 heterocycles. The number of carbonyl (C=O) groups excluding carboxylic acids is 1. The lowest BCUT2D eigenvalue weighted by molar-refractivity contribution is -0.134. The molecule has 3 nitrogen and oxygen atoms in total. The van der Waals surface area contributed by atoms with Crippen LogP contribution in [0.2, 0.25) is 0 Å². The summed E-state index contributed by atoms with van der Waals surface area (Å²) in [5.41, 5.74) is 2.37. The van der Waals surface area contributed by atoms with Gasteiger partial charge in [0, 0.05) is 6.08 Å². The van der Waals surface area contributed by atoms with Crippen molar-refractivity contribution in [3.05, 3.63) is 48.1 Å². The minimum absolute atomic E-state index is 0.339. The van der Waals surface area contributed by atoms with E-state index in [0.29, 0.717) is 0 Å². The van der Waals surface area contributed by atoms with E-state index < -0.39 is 0 Å². The Morgan fingerprint density at radius 1 is 1.14 bits per heavy atom. The maximum atomic E-state index is 11.1. The second kappa shape index (κ2) is 9.81. The molecule has 0 spiro atoms. The van der Waals surface area contributed by atoms with Gasteiger partial charge in [0.1, 0.15) is 5.75 Å². The highest BCUT2D eigenvalue weighted by atomic mass is 16.5. The molecule has 0 radical (unpaired) electrons. The van der Waals surface area contributed by atoms with Crippen LogP contribution >= 0.6 is 0 Å². The second-order valence-corrected chi connectivity index (χ2v) is 4.76. The Kier molecular flexibility index (Phi) is 7.95. The third-order valence-corrected chi connectivity index (χ3v) is 3.24. The third-order valence-electron chi connectivity index (χ3n) is 3.24. The average Bonchev–Trinajstić information content (AvgIpc) is 2.53. The van der Waals surface area contributed by atoms with Crippen LogP contribution in [0.4, 0.5) is 0 Å². The Balaban J connectivity index is 2.86. The summed E-state index contributed by atoms with van der Waals surface area (Å²) < 4.78 is 9.77. The molecule has 1 aromatic rings. The van der Waals surface area contributed by atoms with Crippen LogP contribution in [-0.2, 0) is 9.53 Å². The molecule has 0 aliphatic rings. The quantitative estimate of drug-likeness (QED) is 0.308. The van der Waals surface area contributed by atoms with Gasteiger partial charge in [-0.25, -0.2) is 4.79 Å². The highest BCUT2D eigenvalue weighted by molar-refractivity contribution is 5.82. The molecule has 21 heavy (non-hydrogen) atoms. The molecule has 0 N–H and O–H groups in total. The molecule has 1 rings (SSSR count). The second-order valence-electron chi connectivity index (χ2n) is 4.76. The van der Waals surface area contributed by atoms with Gasteiger partial charge in [-0.1, -0.05) is 44.1 Å². The fraction of sp³-hybridized carbons (Fsp3) is 0.389. The average molecular weight is 288 g/mol. The van der Waals surface area contributed by atoms with E-state index in [9.17, 15) is 4.79 Å². The first kappa shape index (κ1) is 17.0. The minimum atomic E-state index is -0.339. The number of allylic oxidation sites excluding steroid dienone is 3. The first-order valence-corrected chi connectivity index (χ1v) is 7.30. The zero-order valence-electron chi connectivity index (χ0n) is 13.1. The van der Waals surface area contributed by atoms with Crippen molar-refractivity contribution < 1.29 is 14.3 Å². The van der Waals surface area contributed by atoms with E-state index in [1.807, 2.05) is 30.3 Å². The molecular weight excluding hydrogens is 264 g/mol. The molecule has 0 aliphatic carbocycles. The van der Waals surface area contributed by atoms with Crippen LogP contribution in [0.3, 0.4) is 0 Å². The van der Waals surface area contributed by atoms with Crippen LogP contribution in [0.1, 0.15) is 38.2 Å². The Morgan fingerprint density at radius 2 is 1.86 bits per heavy atom. The standard InChI is InChI=1S/C18H24O3/c1-4-5-6-8-15(9-7-10-18(19)21-3)16-11-13-17(20-2)14-12-16/h7,9-14H,4-6,8H2,1-3H3/b10-7+,15-9-. The highest BCUT2D eigenvalue weighted by Gasteiger charge is 2.02. The number of methoxy groups -OCH3 is 2. The molecule has 114 valence electrons. The first-order chi connectivity index (χ1) is 10.2. The lowest BCUT2D eigenvalue weighted by atomic mass is 9.99. The van der Waals surface area contributed by atoms with Crippen LogP contribution in [0.25, 0.3) is 5.57 Å². The molecule has 0 saturated carbocycles. The zero-order chi connectivity index (χ0) is 15.5. The first-order valence-electron chi connectivity index (χ1n) is 7.30. The Morgan fingerprint density at radius 3 is 2.43 bits per heavy atom. The van der Waals surface area contributed by atoms with Crippen LogP contribution in [0, 0.1) is 0 Å². The molecule has 0 amide bonds. The maximum absolute atomic E-state index is 11.1. The normalized spacial score (nSPS) is 11.7. The predicted octanol–water partition coefficient (Wildman–Crippen LogP) is 4.39. The van der Waals surface area contributed by atoms with Gasteiger partial charge in [-0.15, -0.1) is 0 Å². The number of esters is 1. The molecule has 0 bridgehead atoms. The van der Waals surface area contributed by atoms with Crippen molar-refractivity contribution in [2.24, 2.45) is 0 Å². The van der Waals surface area contributed by atoms with Gasteiger partial charge in [0.05, 0.1) is 14.2 Å². The highest BCUT2D eigenvalue weighted by Crippen LogP contribution is 2.23. The SMILES string of the molecule is CCCCC/C(=C/C=C/C(=O)OC)c1ccc(OC)cc1. The maximum Gasteiger partial charge on any atom is 0.330 e. The summed E-state index contributed by atoms with van der Waals surface area (Å²) in [6.07, 6.45) is 9.68. The molecule has 0 atom stereocenters. The number of hydrogen-bond donors (Lipinski definition) is 0. The lowest BCUT2D eigenvalue weighted by Crippen LogP contribution is -1.93. The zero-order valence-corrected chi connectivity index (χ0v) is 13.1. The van der Waals surface area contributed by atoms with E-state index in [-0.39, 0.29) is 5.97 Å². The Hall–Kier alpha value is -2.03. The summed E-state index contributed by atoms with van der Waals surface area (Å²) in [4.78, 5) is 11.1. The number of carbonyl (C=O) groups is 1. The van der Waals surface area contributed by atoms with Crippen LogP contribution in [-0.4, -0.2) is 20.2 Å². The largest absolute Gasteiger partial charge is 0.497 e. The smallest absolute Gasteiger partial charge is 0.330 e. The molecule has 1 aromatic carbocycles. The Labute approximate surface area is 127 Å². The van der Waals surface area contributed by atoms with E-state index in [2.05, 4.69) is 11.7 Å². The van der Waals surface area contributed by atoms with E-state index in [0.717, 1.165) is 24.2 Å². The molecule has 0 saturated heterocycles. The van der Waals surface area contributed by atoms with Gasteiger partial charge in [-0.05, 0) is 36.1 Å². The molecule has 0 aromatic heterocycles. The monoisotopic (exact) mass is 288 g/mol. The van der Waals surface area contributed by atoms with Crippen molar-refractivity contribution in [1.29, 1.82) is 0 Å². The number of rotatable bonds is 8. The minimum Gasteiger partial charge on any atom is -0.497 e. The number of hydrogen-bond acceptors (Lipinski definition) is 3. The number of unbranched alkanes of at least 4 members (excludes halogenated alkanes) is 2. The molecule has 3 heteroatoms. The van der Waals surface area contributed by atoms with Crippen molar-refractivity contribution in [3.8, 4) is 5.75 Å². The van der Waals surface area contributed by atoms with Crippen LogP contribution in [0.5, 0.6) is 5.75 Å². The summed E-state index contributed by atoms with van der Waals surface area (Å²) in [6, 6.07) is 7.99. The van der Waals surface area contributed by atoms with Gasteiger partial charge in [0.2, 0.25) is 0 Å². The van der Waals surface area contributed by atoms with Gasteiger partial charge < -0.3 is 9.47 Å². The topological polar surface area (TPSA) is 35.5 Å². The fourth-order valence-electron chi connectivity index (χ4n) is 2.01. The summed E-state index contributed by atoms with van der Waals surface area (Å²) in [7, 11) is 3.04. The van der Waals surface area contributed by atoms with Crippen molar-refractivity contribution in [2.45, 2.75) is 32.6 Å². The van der Waals surface area contributed by atoms with Crippen LogP contribution < -0.4 is 4.74 Å². The van der Waals surface area contributed by atoms with Gasteiger partial charge in [-0.3, -0.25) is 0 Å². The van der Waals surface area contributed by atoms with Crippen molar-refractivity contribution in [2.75, 3.05) is 14.2 Å². The van der Waals surface area contributed by atoms with Gasteiger partial charge in [0.25, 0.3) is 0 Å². The summed E-state index contributed by atoms with van der Waals surface area (Å²) in [5.74, 6) is 0.505. The predicted molar refractivity (Wildman–Crippen MR) is 86.3 cm³/mol. The molecule has 0 aliphatic heterocycles. The number of benzene rings is 1.